The van der Waals surface area contributed by atoms with Gasteiger partial charge >= 0.3 is 7.25 Å². The Morgan fingerprint density at radius 3 is 1.79 bits per heavy atom. The van der Waals surface area contributed by atoms with Gasteiger partial charge in [-0.1, -0.05) is 52.3 Å². The van der Waals surface area contributed by atoms with Crippen LogP contribution in [0, 0.1) is 0 Å². The normalized spacial score (nSPS) is 10.9. The zero-order valence-electron chi connectivity index (χ0n) is 15.1. The molecule has 0 amide bonds. The maximum absolute atomic E-state index is 9.75. The second kappa shape index (κ2) is 9.09. The maximum atomic E-state index is 9.75. The van der Waals surface area contributed by atoms with Crippen molar-refractivity contribution in [2.24, 2.45) is 0 Å². The third-order valence-corrected chi connectivity index (χ3v) is 4.52. The first-order chi connectivity index (χ1) is 13.8. The monoisotopic (exact) mass is 462 g/mol. The quantitative estimate of drug-likeness (QED) is 0.187. The number of benzene rings is 3. The van der Waals surface area contributed by atoms with E-state index in [1.54, 1.807) is 0 Å². The van der Waals surface area contributed by atoms with Crippen molar-refractivity contribution in [1.29, 1.82) is 0 Å². The number of hydrogen-bond donors (Lipinski definition) is 0. The minimum absolute atomic E-state index is 1.08. The Hall–Kier alpha value is -2.87. The molecular weight excluding hydrogens is 447 g/mol. The molecule has 0 spiro atoms. The van der Waals surface area contributed by atoms with Crippen LogP contribution >= 0.6 is 15.9 Å². The molecule has 4 aromatic rings. The zero-order chi connectivity index (χ0) is 20.9. The summed E-state index contributed by atoms with van der Waals surface area (Å²) in [6, 6.07) is 29.2. The van der Waals surface area contributed by atoms with E-state index in [0.717, 1.165) is 27.2 Å². The topological polar surface area (TPSA) is 8.81 Å². The standard InChI is InChI=1S/C21H16BrN2.BF4/c22-18-13-11-17(12-14-18)21-23(19-7-3-1-4-8-19)15-16-24(21)20-9-5-2-6-10-20;2-1(3,4)5/h1-16H;/q+1;-1. The highest BCUT2D eigenvalue weighted by molar-refractivity contribution is 9.10. The van der Waals surface area contributed by atoms with Crippen molar-refractivity contribution < 1.29 is 21.8 Å². The largest absolute Gasteiger partial charge is 0.673 e. The van der Waals surface area contributed by atoms with Gasteiger partial charge in [-0.05, 0) is 48.5 Å². The number of imidazole rings is 1. The molecule has 1 heterocycles. The lowest BCUT2D eigenvalue weighted by Gasteiger charge is -2.05. The molecule has 0 saturated heterocycles. The Labute approximate surface area is 174 Å². The fourth-order valence-corrected chi connectivity index (χ4v) is 3.13. The molecule has 0 bridgehead atoms. The molecule has 0 aliphatic carbocycles. The highest BCUT2D eigenvalue weighted by Crippen LogP contribution is 2.23. The molecule has 3 aromatic carbocycles. The second-order valence-electron chi connectivity index (χ2n) is 6.03. The Bertz CT molecular complexity index is 987. The van der Waals surface area contributed by atoms with Crippen molar-refractivity contribution in [3.05, 3.63) is 102 Å². The summed E-state index contributed by atoms with van der Waals surface area (Å²) in [7, 11) is -6.00. The number of hydrogen-bond acceptors (Lipinski definition) is 0. The van der Waals surface area contributed by atoms with Crippen LogP contribution in [0.4, 0.5) is 17.3 Å². The lowest BCUT2D eigenvalue weighted by Crippen LogP contribution is -2.31. The van der Waals surface area contributed by atoms with Crippen molar-refractivity contribution in [2.45, 2.75) is 0 Å². The van der Waals surface area contributed by atoms with Crippen LogP contribution in [0.3, 0.4) is 0 Å². The van der Waals surface area contributed by atoms with E-state index in [-0.39, 0.29) is 0 Å². The third kappa shape index (κ3) is 5.81. The van der Waals surface area contributed by atoms with E-state index in [1.807, 2.05) is 12.1 Å². The summed E-state index contributed by atoms with van der Waals surface area (Å²) in [6.45, 7) is 0. The van der Waals surface area contributed by atoms with E-state index >= 15 is 0 Å². The molecule has 2 nitrogen and oxygen atoms in total. The number of aromatic nitrogens is 2. The molecule has 0 saturated carbocycles. The van der Waals surface area contributed by atoms with E-state index in [0.29, 0.717) is 0 Å². The summed E-state index contributed by atoms with van der Waals surface area (Å²) in [6.07, 6.45) is 4.22. The summed E-state index contributed by atoms with van der Waals surface area (Å²) in [5.41, 5.74) is 3.45. The van der Waals surface area contributed by atoms with Gasteiger partial charge in [-0.2, -0.15) is 9.13 Å². The Balaban J connectivity index is 0.000000431. The van der Waals surface area contributed by atoms with E-state index < -0.39 is 7.25 Å². The van der Waals surface area contributed by atoms with Crippen LogP contribution in [-0.4, -0.2) is 11.8 Å². The average molecular weight is 463 g/mol. The van der Waals surface area contributed by atoms with Gasteiger partial charge in [0, 0.05) is 4.47 Å². The Morgan fingerprint density at radius 2 is 1.24 bits per heavy atom. The Kier molecular flexibility index (Phi) is 6.54. The summed E-state index contributed by atoms with van der Waals surface area (Å²) in [5.74, 6) is 1.12. The molecule has 29 heavy (non-hydrogen) atoms. The van der Waals surface area contributed by atoms with E-state index in [2.05, 4.69) is 110 Å². The summed E-state index contributed by atoms with van der Waals surface area (Å²) >= 11 is 3.52. The predicted molar refractivity (Wildman–Crippen MR) is 111 cm³/mol. The van der Waals surface area contributed by atoms with Crippen LogP contribution in [-0.2, 0) is 0 Å². The second-order valence-corrected chi connectivity index (χ2v) is 6.95. The lowest BCUT2D eigenvalue weighted by molar-refractivity contribution is -0.582. The van der Waals surface area contributed by atoms with Crippen molar-refractivity contribution in [2.75, 3.05) is 0 Å². The SMILES string of the molecule is Brc1ccc(-c2n(-c3ccccc3)cc[n+]2-c2ccccc2)cc1.F[B-](F)(F)F. The van der Waals surface area contributed by atoms with Crippen molar-refractivity contribution in [3.63, 3.8) is 0 Å². The van der Waals surface area contributed by atoms with E-state index in [4.69, 9.17) is 0 Å². The maximum Gasteiger partial charge on any atom is 0.673 e. The van der Waals surface area contributed by atoms with Gasteiger partial charge < -0.3 is 17.3 Å². The van der Waals surface area contributed by atoms with E-state index in [9.17, 15) is 17.3 Å². The summed E-state index contributed by atoms with van der Waals surface area (Å²) in [5, 5.41) is 0. The van der Waals surface area contributed by atoms with Crippen LogP contribution in [0.5, 0.6) is 0 Å². The minimum Gasteiger partial charge on any atom is -0.418 e. The minimum atomic E-state index is -6.00. The van der Waals surface area contributed by atoms with Gasteiger partial charge in [0.1, 0.15) is 23.8 Å². The number of para-hydroxylation sites is 2. The van der Waals surface area contributed by atoms with Gasteiger partial charge in [0.05, 0.1) is 5.56 Å². The number of rotatable bonds is 3. The fourth-order valence-electron chi connectivity index (χ4n) is 2.86. The molecule has 0 aliphatic rings. The van der Waals surface area contributed by atoms with E-state index in [1.165, 1.54) is 0 Å². The molecule has 148 valence electrons. The first kappa shape index (κ1) is 20.9. The third-order valence-electron chi connectivity index (χ3n) is 3.99. The molecule has 0 fully saturated rings. The fraction of sp³-hybridized carbons (Fsp3) is 0. The highest BCUT2D eigenvalue weighted by atomic mass is 79.9. The predicted octanol–water partition coefficient (Wildman–Crippen LogP) is 6.48. The zero-order valence-corrected chi connectivity index (χ0v) is 16.7. The molecule has 8 heteroatoms. The molecule has 0 atom stereocenters. The van der Waals surface area contributed by atoms with Crippen molar-refractivity contribution in [1.82, 2.24) is 4.57 Å². The van der Waals surface area contributed by atoms with Crippen LogP contribution < -0.4 is 4.57 Å². The van der Waals surface area contributed by atoms with Crippen LogP contribution in [0.2, 0.25) is 0 Å². The molecule has 4 rings (SSSR count). The first-order valence-electron chi connectivity index (χ1n) is 8.70. The first-order valence-corrected chi connectivity index (χ1v) is 9.49. The van der Waals surface area contributed by atoms with Crippen LogP contribution in [0.1, 0.15) is 0 Å². The molecule has 0 aliphatic heterocycles. The van der Waals surface area contributed by atoms with Crippen molar-refractivity contribution >= 4 is 23.2 Å². The lowest BCUT2D eigenvalue weighted by atomic mass is 10.2. The molecule has 0 unspecified atom stereocenters. The average Bonchev–Trinajstić information content (AvgIpc) is 3.14. The van der Waals surface area contributed by atoms with Gasteiger partial charge in [-0.3, -0.25) is 0 Å². The van der Waals surface area contributed by atoms with Crippen LogP contribution in [0.15, 0.2) is 102 Å². The van der Waals surface area contributed by atoms with Gasteiger partial charge in [0.15, 0.2) is 0 Å². The highest BCUT2D eigenvalue weighted by Gasteiger charge is 2.22. The summed E-state index contributed by atoms with van der Waals surface area (Å²) < 4.78 is 44.5. The Morgan fingerprint density at radius 1 is 0.724 bits per heavy atom. The summed E-state index contributed by atoms with van der Waals surface area (Å²) in [4.78, 5) is 0. The smallest absolute Gasteiger partial charge is 0.418 e. The molecule has 1 aromatic heterocycles. The number of halogens is 5. The van der Waals surface area contributed by atoms with Crippen molar-refractivity contribution in [3.8, 4) is 22.8 Å². The van der Waals surface area contributed by atoms with Crippen LogP contribution in [0.25, 0.3) is 22.8 Å². The molecule has 0 N–H and O–H groups in total. The van der Waals surface area contributed by atoms with Gasteiger partial charge in [0.25, 0.3) is 5.82 Å². The van der Waals surface area contributed by atoms with Gasteiger partial charge in [-0.15, -0.1) is 0 Å². The number of nitrogens with zero attached hydrogens (tertiary/aromatic N) is 2. The molecular formula is C21H16BBrF4N2. The molecule has 0 radical (unpaired) electrons. The van der Waals surface area contributed by atoms with Gasteiger partial charge in [0.2, 0.25) is 0 Å². The van der Waals surface area contributed by atoms with Gasteiger partial charge in [-0.25, -0.2) is 0 Å².